The fourth-order valence-corrected chi connectivity index (χ4v) is 3.81. The maximum Gasteiger partial charge on any atom is 0.0669 e. The van der Waals surface area contributed by atoms with Crippen molar-refractivity contribution in [2.24, 2.45) is 5.92 Å². The van der Waals surface area contributed by atoms with E-state index in [4.69, 9.17) is 16.3 Å². The molecule has 0 aliphatic carbocycles. The van der Waals surface area contributed by atoms with E-state index >= 15 is 0 Å². The van der Waals surface area contributed by atoms with Gasteiger partial charge in [-0.2, -0.15) is 0 Å². The van der Waals surface area contributed by atoms with Gasteiger partial charge in [0.15, 0.2) is 0 Å². The van der Waals surface area contributed by atoms with Crippen LogP contribution in [0.2, 0.25) is 5.02 Å². The van der Waals surface area contributed by atoms with Crippen LogP contribution in [-0.2, 0) is 11.3 Å². The summed E-state index contributed by atoms with van der Waals surface area (Å²) < 4.78 is 5.69. The van der Waals surface area contributed by atoms with E-state index < -0.39 is 0 Å². The van der Waals surface area contributed by atoms with Gasteiger partial charge in [-0.25, -0.2) is 0 Å². The number of thioether (sulfide) groups is 1. The minimum Gasteiger partial charge on any atom is -0.377 e. The Hall–Kier alpha value is -0.220. The van der Waals surface area contributed by atoms with E-state index in [0.717, 1.165) is 30.5 Å². The maximum atomic E-state index is 6.37. The Bertz CT molecular complexity index is 419. The van der Waals surface area contributed by atoms with Gasteiger partial charge in [0.05, 0.1) is 11.1 Å². The third-order valence-electron chi connectivity index (χ3n) is 3.35. The summed E-state index contributed by atoms with van der Waals surface area (Å²) in [6.07, 6.45) is 2.77. The second-order valence-corrected chi connectivity index (χ2v) is 7.14. The van der Waals surface area contributed by atoms with Crippen LogP contribution >= 0.6 is 23.4 Å². The highest BCUT2D eigenvalue weighted by molar-refractivity contribution is 7.99. The number of nitrogens with one attached hydrogen (secondary N) is 1. The normalized spacial score (nSPS) is 18.9. The summed E-state index contributed by atoms with van der Waals surface area (Å²) in [4.78, 5) is 1.21. The van der Waals surface area contributed by atoms with Crippen LogP contribution in [0.25, 0.3) is 0 Å². The molecule has 1 heterocycles. The molecule has 1 aromatic rings. The van der Waals surface area contributed by atoms with Gasteiger partial charge >= 0.3 is 0 Å². The van der Waals surface area contributed by atoms with E-state index in [-0.39, 0.29) is 0 Å². The lowest BCUT2D eigenvalue weighted by Crippen LogP contribution is -2.19. The van der Waals surface area contributed by atoms with Crippen LogP contribution in [-0.4, -0.2) is 25.0 Å². The molecule has 1 saturated heterocycles. The van der Waals surface area contributed by atoms with Crippen molar-refractivity contribution in [2.75, 3.05) is 18.9 Å². The number of rotatable bonds is 7. The SMILES string of the molecule is CC(C)CNCc1cccc(Cl)c1SCC1CCCO1. The molecule has 20 heavy (non-hydrogen) atoms. The number of ether oxygens (including phenoxy) is 1. The van der Waals surface area contributed by atoms with Crippen molar-refractivity contribution in [2.45, 2.75) is 44.2 Å². The molecule has 2 rings (SSSR count). The molecule has 2 nitrogen and oxygen atoms in total. The van der Waals surface area contributed by atoms with Crippen molar-refractivity contribution in [3.05, 3.63) is 28.8 Å². The summed E-state index contributed by atoms with van der Waals surface area (Å²) in [6, 6.07) is 6.17. The second-order valence-electron chi connectivity index (χ2n) is 5.70. The molecule has 1 fully saturated rings. The van der Waals surface area contributed by atoms with E-state index in [2.05, 4.69) is 25.2 Å². The summed E-state index contributed by atoms with van der Waals surface area (Å²) in [7, 11) is 0. The van der Waals surface area contributed by atoms with Crippen LogP contribution < -0.4 is 5.32 Å². The minimum absolute atomic E-state index is 0.396. The summed E-state index contributed by atoms with van der Waals surface area (Å²) in [5, 5.41) is 4.35. The molecule has 0 saturated carbocycles. The van der Waals surface area contributed by atoms with E-state index in [1.165, 1.54) is 23.3 Å². The molecule has 0 spiro atoms. The Morgan fingerprint density at radius 2 is 2.30 bits per heavy atom. The highest BCUT2D eigenvalue weighted by atomic mass is 35.5. The molecular weight excluding hydrogens is 290 g/mol. The predicted molar refractivity (Wildman–Crippen MR) is 87.7 cm³/mol. The number of hydrogen-bond acceptors (Lipinski definition) is 3. The Morgan fingerprint density at radius 1 is 1.45 bits per heavy atom. The third kappa shape index (κ3) is 4.96. The van der Waals surface area contributed by atoms with Gasteiger partial charge in [-0.3, -0.25) is 0 Å². The van der Waals surface area contributed by atoms with Crippen molar-refractivity contribution in [3.8, 4) is 0 Å². The number of hydrogen-bond donors (Lipinski definition) is 1. The largest absolute Gasteiger partial charge is 0.377 e. The number of benzene rings is 1. The molecule has 1 atom stereocenters. The topological polar surface area (TPSA) is 21.3 Å². The van der Waals surface area contributed by atoms with E-state index in [9.17, 15) is 0 Å². The first kappa shape index (κ1) is 16.2. The molecule has 112 valence electrons. The Morgan fingerprint density at radius 3 is 3.00 bits per heavy atom. The van der Waals surface area contributed by atoms with Crippen LogP contribution in [0.1, 0.15) is 32.3 Å². The summed E-state index contributed by atoms with van der Waals surface area (Å²) in [6.45, 7) is 7.27. The molecule has 0 radical (unpaired) electrons. The van der Waals surface area contributed by atoms with Gasteiger partial charge < -0.3 is 10.1 Å². The fourth-order valence-electron chi connectivity index (χ4n) is 2.30. The third-order valence-corrected chi connectivity index (χ3v) is 5.09. The molecule has 1 aliphatic rings. The summed E-state index contributed by atoms with van der Waals surface area (Å²) >= 11 is 8.20. The van der Waals surface area contributed by atoms with Crippen LogP contribution in [0.15, 0.2) is 23.1 Å². The first-order valence-electron chi connectivity index (χ1n) is 7.39. The highest BCUT2D eigenvalue weighted by Crippen LogP contribution is 2.32. The van der Waals surface area contributed by atoms with E-state index in [1.54, 1.807) is 0 Å². The standard InChI is InChI=1S/C16H24ClNOS/c1-12(2)9-18-10-13-5-3-7-15(17)16(13)20-11-14-6-4-8-19-14/h3,5,7,12,14,18H,4,6,8-11H2,1-2H3. The van der Waals surface area contributed by atoms with Crippen molar-refractivity contribution in [1.82, 2.24) is 5.32 Å². The van der Waals surface area contributed by atoms with Gasteiger partial charge in [0.1, 0.15) is 0 Å². The molecule has 4 heteroatoms. The molecular formula is C16H24ClNOS. The predicted octanol–water partition coefficient (Wildman–Crippen LogP) is 4.36. The second kappa shape index (κ2) is 8.28. The molecule has 1 aromatic carbocycles. The summed E-state index contributed by atoms with van der Waals surface area (Å²) in [5.41, 5.74) is 1.29. The lowest BCUT2D eigenvalue weighted by Gasteiger charge is -2.15. The summed E-state index contributed by atoms with van der Waals surface area (Å²) in [5.74, 6) is 1.66. The van der Waals surface area contributed by atoms with Crippen LogP contribution in [0.5, 0.6) is 0 Å². The highest BCUT2D eigenvalue weighted by Gasteiger charge is 2.17. The Balaban J connectivity index is 1.94. The first-order chi connectivity index (χ1) is 9.66. The number of halogens is 1. The van der Waals surface area contributed by atoms with Crippen LogP contribution in [0.3, 0.4) is 0 Å². The lowest BCUT2D eigenvalue weighted by atomic mass is 10.2. The molecule has 0 amide bonds. The zero-order valence-electron chi connectivity index (χ0n) is 12.3. The maximum absolute atomic E-state index is 6.37. The molecule has 1 unspecified atom stereocenters. The van der Waals surface area contributed by atoms with Crippen LogP contribution in [0, 0.1) is 5.92 Å². The van der Waals surface area contributed by atoms with Crippen molar-refractivity contribution in [3.63, 3.8) is 0 Å². The smallest absolute Gasteiger partial charge is 0.0669 e. The molecule has 0 aromatic heterocycles. The zero-order valence-corrected chi connectivity index (χ0v) is 13.9. The molecule has 1 N–H and O–H groups in total. The molecule has 0 bridgehead atoms. The Kier molecular flexibility index (Phi) is 6.69. The van der Waals surface area contributed by atoms with Crippen molar-refractivity contribution < 1.29 is 4.74 Å². The monoisotopic (exact) mass is 313 g/mol. The van der Waals surface area contributed by atoms with Gasteiger partial charge in [0.25, 0.3) is 0 Å². The van der Waals surface area contributed by atoms with E-state index in [0.29, 0.717) is 12.0 Å². The van der Waals surface area contributed by atoms with Gasteiger partial charge in [-0.1, -0.05) is 37.6 Å². The van der Waals surface area contributed by atoms with Gasteiger partial charge in [-0.15, -0.1) is 11.8 Å². The lowest BCUT2D eigenvalue weighted by molar-refractivity contribution is 0.129. The molecule has 1 aliphatic heterocycles. The van der Waals surface area contributed by atoms with Gasteiger partial charge in [0.2, 0.25) is 0 Å². The zero-order chi connectivity index (χ0) is 14.4. The van der Waals surface area contributed by atoms with Gasteiger partial charge in [-0.05, 0) is 36.9 Å². The first-order valence-corrected chi connectivity index (χ1v) is 8.75. The van der Waals surface area contributed by atoms with E-state index in [1.807, 2.05) is 23.9 Å². The fraction of sp³-hybridized carbons (Fsp3) is 0.625. The average Bonchev–Trinajstić information content (AvgIpc) is 2.90. The quantitative estimate of drug-likeness (QED) is 0.756. The van der Waals surface area contributed by atoms with Crippen LogP contribution in [0.4, 0.5) is 0 Å². The Labute approximate surface area is 131 Å². The van der Waals surface area contributed by atoms with Crippen molar-refractivity contribution in [1.29, 1.82) is 0 Å². The minimum atomic E-state index is 0.396. The average molecular weight is 314 g/mol. The van der Waals surface area contributed by atoms with Crippen molar-refractivity contribution >= 4 is 23.4 Å². The van der Waals surface area contributed by atoms with Gasteiger partial charge in [0, 0.05) is 23.8 Å².